The largest absolute Gasteiger partial charge is 0.474 e. The first-order valence-electron chi connectivity index (χ1n) is 7.24. The number of nitrogens with one attached hydrogen (secondary N) is 1. The maximum Gasteiger partial charge on any atom is 0.311 e. The van der Waals surface area contributed by atoms with Crippen molar-refractivity contribution in [3.8, 4) is 5.75 Å². The minimum absolute atomic E-state index is 0.0378. The summed E-state index contributed by atoms with van der Waals surface area (Å²) in [7, 11) is 0. The SMILES string of the molecule is CC(C)n1nccc1NC(=O)[C@@H](C)Oc1cc(F)ccc1[N+](=O)[O-]. The zero-order chi connectivity index (χ0) is 17.9. The van der Waals surface area contributed by atoms with Crippen LogP contribution in [-0.4, -0.2) is 26.7 Å². The third-order valence-corrected chi connectivity index (χ3v) is 3.20. The van der Waals surface area contributed by atoms with Crippen molar-refractivity contribution in [1.29, 1.82) is 0 Å². The molecule has 0 radical (unpaired) electrons. The van der Waals surface area contributed by atoms with Gasteiger partial charge in [0.15, 0.2) is 6.10 Å². The lowest BCUT2D eigenvalue weighted by molar-refractivity contribution is -0.386. The lowest BCUT2D eigenvalue weighted by Gasteiger charge is -2.16. The van der Waals surface area contributed by atoms with Crippen LogP contribution in [0.25, 0.3) is 0 Å². The molecule has 2 aromatic rings. The summed E-state index contributed by atoms with van der Waals surface area (Å²) in [4.78, 5) is 22.5. The Morgan fingerprint density at radius 1 is 1.38 bits per heavy atom. The number of ether oxygens (including phenoxy) is 1. The van der Waals surface area contributed by atoms with E-state index in [-0.39, 0.29) is 11.8 Å². The molecule has 8 nitrogen and oxygen atoms in total. The monoisotopic (exact) mass is 336 g/mol. The molecule has 2 rings (SSSR count). The van der Waals surface area contributed by atoms with Crippen LogP contribution in [0.3, 0.4) is 0 Å². The van der Waals surface area contributed by atoms with E-state index in [0.29, 0.717) is 5.82 Å². The first kappa shape index (κ1) is 17.4. The molecule has 9 heteroatoms. The molecule has 0 spiro atoms. The van der Waals surface area contributed by atoms with E-state index in [1.165, 1.54) is 6.92 Å². The Morgan fingerprint density at radius 2 is 2.08 bits per heavy atom. The van der Waals surface area contributed by atoms with Crippen LogP contribution in [0.4, 0.5) is 15.9 Å². The zero-order valence-electron chi connectivity index (χ0n) is 13.4. The summed E-state index contributed by atoms with van der Waals surface area (Å²) in [5.41, 5.74) is -0.414. The van der Waals surface area contributed by atoms with Gasteiger partial charge in [-0.2, -0.15) is 5.10 Å². The van der Waals surface area contributed by atoms with Gasteiger partial charge in [0.25, 0.3) is 5.91 Å². The average Bonchev–Trinajstić information content (AvgIpc) is 2.95. The van der Waals surface area contributed by atoms with Gasteiger partial charge in [-0.15, -0.1) is 0 Å². The average molecular weight is 336 g/mol. The third kappa shape index (κ3) is 3.86. The number of halogens is 1. The molecule has 1 atom stereocenters. The Labute approximate surface area is 137 Å². The minimum atomic E-state index is -1.07. The molecule has 24 heavy (non-hydrogen) atoms. The lowest BCUT2D eigenvalue weighted by Crippen LogP contribution is -2.31. The van der Waals surface area contributed by atoms with Gasteiger partial charge in [-0.1, -0.05) is 0 Å². The third-order valence-electron chi connectivity index (χ3n) is 3.20. The van der Waals surface area contributed by atoms with Crippen LogP contribution < -0.4 is 10.1 Å². The van der Waals surface area contributed by atoms with E-state index in [4.69, 9.17) is 4.74 Å². The molecule has 0 aliphatic heterocycles. The second-order valence-electron chi connectivity index (χ2n) is 5.37. The van der Waals surface area contributed by atoms with E-state index < -0.39 is 28.4 Å². The van der Waals surface area contributed by atoms with E-state index in [1.807, 2.05) is 13.8 Å². The number of nitrogens with zero attached hydrogens (tertiary/aromatic N) is 3. The Hall–Kier alpha value is -2.97. The number of hydrogen-bond acceptors (Lipinski definition) is 5. The van der Waals surface area contributed by atoms with Gasteiger partial charge in [-0.25, -0.2) is 9.07 Å². The maximum absolute atomic E-state index is 13.3. The van der Waals surface area contributed by atoms with Crippen molar-refractivity contribution < 1.29 is 18.8 Å². The smallest absolute Gasteiger partial charge is 0.311 e. The first-order valence-corrected chi connectivity index (χ1v) is 7.24. The number of rotatable bonds is 6. The molecule has 0 unspecified atom stereocenters. The quantitative estimate of drug-likeness (QED) is 0.646. The van der Waals surface area contributed by atoms with Crippen LogP contribution in [0.5, 0.6) is 5.75 Å². The van der Waals surface area contributed by atoms with Crippen molar-refractivity contribution in [3.63, 3.8) is 0 Å². The summed E-state index contributed by atoms with van der Waals surface area (Å²) in [6.07, 6.45) is 0.472. The van der Waals surface area contributed by atoms with Gasteiger partial charge in [-0.05, 0) is 26.8 Å². The molecule has 1 aromatic heterocycles. The fourth-order valence-corrected chi connectivity index (χ4v) is 2.03. The number of hydrogen-bond donors (Lipinski definition) is 1. The summed E-state index contributed by atoms with van der Waals surface area (Å²) in [6, 6.07) is 4.48. The molecule has 1 heterocycles. The molecule has 0 bridgehead atoms. The number of amides is 1. The molecule has 128 valence electrons. The molecule has 0 saturated heterocycles. The lowest BCUT2D eigenvalue weighted by atomic mass is 10.2. The number of carbonyl (C=O) groups excluding carboxylic acids is 1. The van der Waals surface area contributed by atoms with Crippen molar-refractivity contribution >= 4 is 17.4 Å². The highest BCUT2D eigenvalue weighted by Crippen LogP contribution is 2.28. The van der Waals surface area contributed by atoms with Gasteiger partial charge in [0.1, 0.15) is 11.6 Å². The molecule has 0 aliphatic rings. The fourth-order valence-electron chi connectivity index (χ4n) is 2.03. The predicted octanol–water partition coefficient (Wildman–Crippen LogP) is 2.92. The molecule has 0 saturated carbocycles. The highest BCUT2D eigenvalue weighted by molar-refractivity contribution is 5.93. The van der Waals surface area contributed by atoms with Crippen LogP contribution >= 0.6 is 0 Å². The molecule has 1 N–H and O–H groups in total. The standard InChI is InChI=1S/C15H17FN4O4/c1-9(2)19-14(6-7-17-19)18-15(21)10(3)24-13-8-11(16)4-5-12(13)20(22)23/h4-10H,1-3H3,(H,18,21)/t10-/m1/s1. The highest BCUT2D eigenvalue weighted by atomic mass is 19.1. The first-order chi connectivity index (χ1) is 11.3. The van der Waals surface area contributed by atoms with E-state index in [9.17, 15) is 19.3 Å². The van der Waals surface area contributed by atoms with Crippen LogP contribution in [0.1, 0.15) is 26.8 Å². The Morgan fingerprint density at radius 3 is 2.71 bits per heavy atom. The fraction of sp³-hybridized carbons (Fsp3) is 0.333. The Bertz CT molecular complexity index is 760. The van der Waals surface area contributed by atoms with E-state index in [2.05, 4.69) is 10.4 Å². The number of carbonyl (C=O) groups is 1. The summed E-state index contributed by atoms with van der Waals surface area (Å²) < 4.78 is 20.2. The van der Waals surface area contributed by atoms with Gasteiger partial charge < -0.3 is 10.1 Å². The number of aromatic nitrogens is 2. The van der Waals surface area contributed by atoms with Crippen LogP contribution in [0.15, 0.2) is 30.5 Å². The van der Waals surface area contributed by atoms with Crippen molar-refractivity contribution in [1.82, 2.24) is 9.78 Å². The van der Waals surface area contributed by atoms with Gasteiger partial charge in [0.2, 0.25) is 5.75 Å². The summed E-state index contributed by atoms with van der Waals surface area (Å²) >= 11 is 0. The summed E-state index contributed by atoms with van der Waals surface area (Å²) in [5.74, 6) is -1.06. The minimum Gasteiger partial charge on any atom is -0.474 e. The van der Waals surface area contributed by atoms with E-state index >= 15 is 0 Å². The molecule has 1 aromatic carbocycles. The topological polar surface area (TPSA) is 99.3 Å². The van der Waals surface area contributed by atoms with Crippen LogP contribution in [-0.2, 0) is 4.79 Å². The van der Waals surface area contributed by atoms with Gasteiger partial charge in [0, 0.05) is 24.2 Å². The van der Waals surface area contributed by atoms with Gasteiger partial charge in [-0.3, -0.25) is 14.9 Å². The highest BCUT2D eigenvalue weighted by Gasteiger charge is 2.22. The maximum atomic E-state index is 13.3. The predicted molar refractivity (Wildman–Crippen MR) is 84.4 cm³/mol. The molecule has 1 amide bonds. The van der Waals surface area contributed by atoms with E-state index in [0.717, 1.165) is 18.2 Å². The van der Waals surface area contributed by atoms with Gasteiger partial charge in [0.05, 0.1) is 11.1 Å². The van der Waals surface area contributed by atoms with Crippen molar-refractivity contribution in [2.45, 2.75) is 32.9 Å². The second kappa shape index (κ2) is 7.07. The number of nitro benzene ring substituents is 1. The molecular weight excluding hydrogens is 319 g/mol. The molecule has 0 aliphatic carbocycles. The Kier molecular flexibility index (Phi) is 5.12. The van der Waals surface area contributed by atoms with Crippen LogP contribution in [0.2, 0.25) is 0 Å². The zero-order valence-corrected chi connectivity index (χ0v) is 13.4. The molecule has 0 fully saturated rings. The number of nitro groups is 1. The van der Waals surface area contributed by atoms with Crippen LogP contribution in [0, 0.1) is 15.9 Å². The summed E-state index contributed by atoms with van der Waals surface area (Å²) in [6.45, 7) is 5.22. The van der Waals surface area contributed by atoms with E-state index in [1.54, 1.807) is 16.9 Å². The van der Waals surface area contributed by atoms with Gasteiger partial charge >= 0.3 is 5.69 Å². The van der Waals surface area contributed by atoms with Crippen molar-refractivity contribution in [2.24, 2.45) is 0 Å². The normalized spacial score (nSPS) is 12.0. The Balaban J connectivity index is 2.13. The van der Waals surface area contributed by atoms with Crippen molar-refractivity contribution in [2.75, 3.05) is 5.32 Å². The number of anilines is 1. The van der Waals surface area contributed by atoms with Crippen molar-refractivity contribution in [3.05, 3.63) is 46.4 Å². The summed E-state index contributed by atoms with van der Waals surface area (Å²) in [5, 5.41) is 17.7. The number of benzene rings is 1. The second-order valence-corrected chi connectivity index (χ2v) is 5.37. The molecular formula is C15H17FN4O4.